The fourth-order valence-corrected chi connectivity index (χ4v) is 4.08. The van der Waals surface area contributed by atoms with Crippen LogP contribution in [0.15, 0.2) is 97.7 Å². The van der Waals surface area contributed by atoms with Crippen LogP contribution in [0.2, 0.25) is 0 Å². The van der Waals surface area contributed by atoms with Gasteiger partial charge in [-0.25, -0.2) is 4.98 Å². The Morgan fingerprint density at radius 2 is 1.76 bits per heavy atom. The number of nitrogens with one attached hydrogen (secondary N) is 2. The summed E-state index contributed by atoms with van der Waals surface area (Å²) in [6.45, 7) is 4.36. The van der Waals surface area contributed by atoms with E-state index in [1.165, 1.54) is 6.08 Å². The Morgan fingerprint density at radius 3 is 2.55 bits per heavy atom. The number of aromatic nitrogens is 2. The van der Waals surface area contributed by atoms with Crippen LogP contribution in [0, 0.1) is 0 Å². The van der Waals surface area contributed by atoms with Crippen LogP contribution in [0.5, 0.6) is 11.5 Å². The molecule has 2 heterocycles. The summed E-state index contributed by atoms with van der Waals surface area (Å²) >= 11 is 0. The molecular weight excluding hydrogens is 412 g/mol. The van der Waals surface area contributed by atoms with Gasteiger partial charge in [0, 0.05) is 23.7 Å². The summed E-state index contributed by atoms with van der Waals surface area (Å²) in [5.74, 6) is 2.33. The van der Waals surface area contributed by atoms with E-state index in [-0.39, 0.29) is 11.8 Å². The minimum absolute atomic E-state index is 0.0574. The van der Waals surface area contributed by atoms with Gasteiger partial charge in [-0.2, -0.15) is 0 Å². The van der Waals surface area contributed by atoms with E-state index in [4.69, 9.17) is 9.72 Å². The first-order valence-electron chi connectivity index (χ1n) is 10.9. The summed E-state index contributed by atoms with van der Waals surface area (Å²) in [4.78, 5) is 16.9. The fraction of sp³-hybridized carbons (Fsp3) is 0.111. The lowest BCUT2D eigenvalue weighted by Gasteiger charge is -2.26. The van der Waals surface area contributed by atoms with Crippen LogP contribution in [0.4, 0.5) is 5.69 Å². The summed E-state index contributed by atoms with van der Waals surface area (Å²) in [5.41, 5.74) is 7.10. The van der Waals surface area contributed by atoms with Crippen LogP contribution < -0.4 is 15.5 Å². The monoisotopic (exact) mass is 436 g/mol. The van der Waals surface area contributed by atoms with Crippen molar-refractivity contribution in [3.05, 3.63) is 109 Å². The van der Waals surface area contributed by atoms with Crippen molar-refractivity contribution in [1.82, 2.24) is 9.66 Å². The molecule has 0 spiro atoms. The molecule has 0 saturated carbocycles. The van der Waals surface area contributed by atoms with Gasteiger partial charge in [-0.1, -0.05) is 43.0 Å². The van der Waals surface area contributed by atoms with Crippen molar-refractivity contribution < 1.29 is 9.53 Å². The van der Waals surface area contributed by atoms with Crippen LogP contribution in [0.1, 0.15) is 23.7 Å². The number of hydrogen-bond acceptors (Lipinski definition) is 4. The molecule has 0 saturated heterocycles. The molecule has 1 aromatic heterocycles. The van der Waals surface area contributed by atoms with Gasteiger partial charge in [-0.3, -0.25) is 9.47 Å². The lowest BCUT2D eigenvalue weighted by atomic mass is 9.92. The molecule has 0 fully saturated rings. The van der Waals surface area contributed by atoms with Gasteiger partial charge < -0.3 is 15.5 Å². The van der Waals surface area contributed by atoms with Crippen molar-refractivity contribution >= 4 is 11.6 Å². The first-order chi connectivity index (χ1) is 16.2. The fourth-order valence-electron chi connectivity index (χ4n) is 4.08. The number of amides is 1. The normalized spacial score (nSPS) is 14.6. The number of benzene rings is 3. The minimum Gasteiger partial charge on any atom is -0.457 e. The molecule has 164 valence electrons. The molecule has 1 amide bonds. The van der Waals surface area contributed by atoms with Crippen molar-refractivity contribution in [2.75, 3.05) is 17.3 Å². The zero-order valence-electron chi connectivity index (χ0n) is 18.1. The number of para-hydroxylation sites is 2. The Labute approximate surface area is 192 Å². The quantitative estimate of drug-likeness (QED) is 0.389. The molecule has 1 aliphatic rings. The minimum atomic E-state index is -0.224. The molecule has 1 unspecified atom stereocenters. The lowest BCUT2D eigenvalue weighted by molar-refractivity contribution is -0.111. The third kappa shape index (κ3) is 4.36. The highest BCUT2D eigenvalue weighted by Gasteiger charge is 2.27. The van der Waals surface area contributed by atoms with Crippen LogP contribution in [0.3, 0.4) is 0 Å². The molecule has 4 aromatic rings. The van der Waals surface area contributed by atoms with Crippen molar-refractivity contribution in [3.8, 4) is 22.8 Å². The number of anilines is 1. The van der Waals surface area contributed by atoms with Crippen molar-refractivity contribution in [1.29, 1.82) is 0 Å². The third-order valence-corrected chi connectivity index (χ3v) is 5.67. The molecule has 6 heteroatoms. The Hall–Kier alpha value is -4.32. The van der Waals surface area contributed by atoms with Gasteiger partial charge in [-0.05, 0) is 60.5 Å². The van der Waals surface area contributed by atoms with Crippen LogP contribution in [0.25, 0.3) is 11.3 Å². The number of rotatable bonds is 6. The van der Waals surface area contributed by atoms with Gasteiger partial charge in [0.05, 0.1) is 11.9 Å². The molecule has 1 atom stereocenters. The maximum absolute atomic E-state index is 11.9. The summed E-state index contributed by atoms with van der Waals surface area (Å²) < 4.78 is 7.89. The number of nitrogens with zero attached hydrogens (tertiary/aromatic N) is 2. The van der Waals surface area contributed by atoms with Crippen molar-refractivity contribution in [2.45, 2.75) is 12.3 Å². The zero-order chi connectivity index (χ0) is 22.6. The molecule has 6 nitrogen and oxygen atoms in total. The maximum Gasteiger partial charge on any atom is 0.247 e. The highest BCUT2D eigenvalue weighted by atomic mass is 16.5. The number of imidazole rings is 1. The van der Waals surface area contributed by atoms with Crippen molar-refractivity contribution in [2.24, 2.45) is 0 Å². The Kier molecular flexibility index (Phi) is 5.64. The molecule has 5 rings (SSSR count). The SMILES string of the molecule is C=CC(=O)Nc1ccccc1C1CCNn2cc(-c3ccc(Oc4ccccc4)cc3)nc21. The Balaban J connectivity index is 1.42. The molecule has 0 bridgehead atoms. The van der Waals surface area contributed by atoms with Crippen LogP contribution in [-0.2, 0) is 4.79 Å². The molecule has 0 radical (unpaired) electrons. The van der Waals surface area contributed by atoms with Gasteiger partial charge >= 0.3 is 0 Å². The summed E-state index contributed by atoms with van der Waals surface area (Å²) in [7, 11) is 0. The average Bonchev–Trinajstić information content (AvgIpc) is 3.30. The topological polar surface area (TPSA) is 68.2 Å². The van der Waals surface area contributed by atoms with Gasteiger partial charge in [0.25, 0.3) is 0 Å². The predicted molar refractivity (Wildman–Crippen MR) is 130 cm³/mol. The molecule has 2 N–H and O–H groups in total. The number of fused-ring (bicyclic) bond motifs is 1. The second-order valence-corrected chi connectivity index (χ2v) is 7.82. The predicted octanol–water partition coefficient (Wildman–Crippen LogP) is 5.55. The van der Waals surface area contributed by atoms with Gasteiger partial charge in [0.2, 0.25) is 5.91 Å². The standard InChI is InChI=1S/C27H24N4O2/c1-2-26(32)29-24-11-7-6-10-22(24)23-16-17-28-31-18-25(30-27(23)31)19-12-14-21(15-13-19)33-20-8-4-3-5-9-20/h2-15,18,23,28H,1,16-17H2,(H,29,32). The molecule has 3 aromatic carbocycles. The smallest absolute Gasteiger partial charge is 0.247 e. The zero-order valence-corrected chi connectivity index (χ0v) is 18.1. The van der Waals surface area contributed by atoms with E-state index in [0.29, 0.717) is 0 Å². The second kappa shape index (κ2) is 9.04. The molecular formula is C27H24N4O2. The van der Waals surface area contributed by atoms with E-state index >= 15 is 0 Å². The van der Waals surface area contributed by atoms with E-state index in [1.807, 2.05) is 89.7 Å². The maximum atomic E-state index is 11.9. The van der Waals surface area contributed by atoms with Gasteiger partial charge in [-0.15, -0.1) is 0 Å². The molecule has 1 aliphatic heterocycles. The largest absolute Gasteiger partial charge is 0.457 e. The Bertz CT molecular complexity index is 1280. The highest BCUT2D eigenvalue weighted by molar-refractivity contribution is 5.99. The van der Waals surface area contributed by atoms with E-state index in [1.54, 1.807) is 0 Å². The van der Waals surface area contributed by atoms with Gasteiger partial charge in [0.15, 0.2) is 0 Å². The summed E-state index contributed by atoms with van der Waals surface area (Å²) in [6, 6.07) is 25.5. The number of ether oxygens (including phenoxy) is 1. The second-order valence-electron chi connectivity index (χ2n) is 7.82. The third-order valence-electron chi connectivity index (χ3n) is 5.67. The molecule has 0 aliphatic carbocycles. The number of carbonyl (C=O) groups is 1. The van der Waals surface area contributed by atoms with E-state index in [0.717, 1.165) is 52.8 Å². The van der Waals surface area contributed by atoms with E-state index in [9.17, 15) is 4.79 Å². The van der Waals surface area contributed by atoms with Gasteiger partial charge in [0.1, 0.15) is 17.3 Å². The first-order valence-corrected chi connectivity index (χ1v) is 10.9. The number of carbonyl (C=O) groups excluding carboxylic acids is 1. The van der Waals surface area contributed by atoms with E-state index < -0.39 is 0 Å². The summed E-state index contributed by atoms with van der Waals surface area (Å²) in [5, 5.41) is 2.92. The van der Waals surface area contributed by atoms with Crippen molar-refractivity contribution in [3.63, 3.8) is 0 Å². The molecule has 33 heavy (non-hydrogen) atoms. The average molecular weight is 437 g/mol. The highest BCUT2D eigenvalue weighted by Crippen LogP contribution is 2.36. The first kappa shape index (κ1) is 20.6. The van der Waals surface area contributed by atoms with E-state index in [2.05, 4.69) is 17.3 Å². The lowest BCUT2D eigenvalue weighted by Crippen LogP contribution is -2.28. The summed E-state index contributed by atoms with van der Waals surface area (Å²) in [6.07, 6.45) is 4.17. The number of hydrogen-bond donors (Lipinski definition) is 2. The van der Waals surface area contributed by atoms with Crippen LogP contribution in [-0.4, -0.2) is 22.1 Å². The Morgan fingerprint density at radius 1 is 1.03 bits per heavy atom. The van der Waals surface area contributed by atoms with Crippen LogP contribution >= 0.6 is 0 Å².